The van der Waals surface area contributed by atoms with Crippen molar-refractivity contribution in [3.8, 4) is 28.5 Å². The van der Waals surface area contributed by atoms with Gasteiger partial charge in [-0.2, -0.15) is 0 Å². The van der Waals surface area contributed by atoms with E-state index in [-0.39, 0.29) is 11.9 Å². The molecule has 1 atom stereocenters. The molecule has 1 aliphatic heterocycles. The molecule has 7 heteroatoms. The molecule has 1 aliphatic rings. The van der Waals surface area contributed by atoms with E-state index in [0.29, 0.717) is 23.8 Å². The van der Waals surface area contributed by atoms with Gasteiger partial charge in [0.15, 0.2) is 11.5 Å². The van der Waals surface area contributed by atoms with Gasteiger partial charge in [-0.05, 0) is 69.0 Å². The zero-order valence-electron chi connectivity index (χ0n) is 19.5. The summed E-state index contributed by atoms with van der Waals surface area (Å²) in [7, 11) is 1.62. The number of hydrogen-bond acceptors (Lipinski definition) is 5. The van der Waals surface area contributed by atoms with E-state index in [1.807, 2.05) is 71.1 Å². The Morgan fingerprint density at radius 3 is 2.59 bits per heavy atom. The molecule has 2 heterocycles. The van der Waals surface area contributed by atoms with Crippen LogP contribution in [-0.2, 0) is 4.79 Å². The summed E-state index contributed by atoms with van der Waals surface area (Å²) in [5.74, 6) is 2.73. The molecule has 7 nitrogen and oxygen atoms in total. The van der Waals surface area contributed by atoms with E-state index in [2.05, 4.69) is 18.3 Å². The highest BCUT2D eigenvalue weighted by atomic mass is 16.5. The molecular weight excluding hydrogens is 428 g/mol. The van der Waals surface area contributed by atoms with Crippen LogP contribution < -0.4 is 9.47 Å². The molecule has 0 radical (unpaired) electrons. The maximum absolute atomic E-state index is 12.4. The summed E-state index contributed by atoms with van der Waals surface area (Å²) in [6, 6.07) is 15.2. The van der Waals surface area contributed by atoms with Gasteiger partial charge in [-0.3, -0.25) is 9.79 Å². The van der Waals surface area contributed by atoms with Crippen LogP contribution in [0.2, 0.25) is 0 Å². The number of ether oxygens (including phenoxy) is 2. The Kier molecular flexibility index (Phi) is 6.92. The van der Waals surface area contributed by atoms with Crippen molar-refractivity contribution in [1.29, 1.82) is 0 Å². The average Bonchev–Trinajstić information content (AvgIpc) is 3.47. The number of carbonyl (C=O) groups excluding carboxylic acids is 1. The molecule has 3 aromatic rings. The summed E-state index contributed by atoms with van der Waals surface area (Å²) in [6.45, 7) is 9.89. The molecule has 0 N–H and O–H groups in total. The van der Waals surface area contributed by atoms with E-state index >= 15 is 0 Å². The molecule has 0 saturated carbocycles. The Labute approximate surface area is 199 Å². The van der Waals surface area contributed by atoms with Crippen molar-refractivity contribution in [3.05, 3.63) is 78.9 Å². The van der Waals surface area contributed by atoms with Crippen LogP contribution in [0.3, 0.4) is 0 Å². The lowest BCUT2D eigenvalue weighted by Crippen LogP contribution is -2.30. The number of carbonyl (C=O) groups is 1. The van der Waals surface area contributed by atoms with E-state index in [4.69, 9.17) is 14.5 Å². The number of likely N-dealkylation sites (tertiary alicyclic amines) is 1. The molecule has 174 valence electrons. The monoisotopic (exact) mass is 456 g/mol. The minimum absolute atomic E-state index is 0.0834. The van der Waals surface area contributed by atoms with E-state index in [1.165, 1.54) is 6.08 Å². The second-order valence-electron chi connectivity index (χ2n) is 7.93. The number of imidazole rings is 1. The van der Waals surface area contributed by atoms with Gasteiger partial charge in [0.05, 0.1) is 18.8 Å². The van der Waals surface area contributed by atoms with Gasteiger partial charge in [-0.15, -0.1) is 0 Å². The minimum Gasteiger partial charge on any atom is -0.493 e. The Hall–Kier alpha value is -4.13. The van der Waals surface area contributed by atoms with Gasteiger partial charge >= 0.3 is 0 Å². The first-order valence-electron chi connectivity index (χ1n) is 11.1. The van der Waals surface area contributed by atoms with Crippen LogP contribution in [0, 0.1) is 6.92 Å². The Bertz CT molecular complexity index is 1230. The van der Waals surface area contributed by atoms with Crippen molar-refractivity contribution < 1.29 is 14.3 Å². The first kappa shape index (κ1) is 23.0. The molecule has 0 aliphatic carbocycles. The summed E-state index contributed by atoms with van der Waals surface area (Å²) in [6.07, 6.45) is 6.59. The number of methoxy groups -OCH3 is 1. The van der Waals surface area contributed by atoms with Gasteiger partial charge in [0.2, 0.25) is 5.91 Å². The number of amides is 1. The van der Waals surface area contributed by atoms with Crippen molar-refractivity contribution >= 4 is 18.8 Å². The van der Waals surface area contributed by atoms with Crippen molar-refractivity contribution in [2.75, 3.05) is 13.7 Å². The van der Waals surface area contributed by atoms with Gasteiger partial charge in [0.1, 0.15) is 11.6 Å². The average molecular weight is 457 g/mol. The maximum Gasteiger partial charge on any atom is 0.246 e. The highest BCUT2D eigenvalue weighted by Crippen LogP contribution is 2.36. The highest BCUT2D eigenvalue weighted by Gasteiger charge is 2.33. The SMILES string of the molecule is C=CC(=O)N1CCC[C@H]1c1nc(-c2ccc(Oc3ccccc3OC)cc2)c(C)n1/C=C\N=C. The molecule has 0 unspecified atom stereocenters. The van der Waals surface area contributed by atoms with Crippen LogP contribution in [0.5, 0.6) is 17.2 Å². The quantitative estimate of drug-likeness (QED) is 0.325. The fourth-order valence-electron chi connectivity index (χ4n) is 4.27. The summed E-state index contributed by atoms with van der Waals surface area (Å²) in [5.41, 5.74) is 2.74. The molecule has 34 heavy (non-hydrogen) atoms. The number of nitrogens with zero attached hydrogens (tertiary/aromatic N) is 4. The summed E-state index contributed by atoms with van der Waals surface area (Å²) in [4.78, 5) is 23.1. The second kappa shape index (κ2) is 10.2. The Morgan fingerprint density at radius 2 is 1.91 bits per heavy atom. The smallest absolute Gasteiger partial charge is 0.246 e. The molecule has 4 rings (SSSR count). The van der Waals surface area contributed by atoms with Crippen LogP contribution in [-0.4, -0.2) is 40.7 Å². The summed E-state index contributed by atoms with van der Waals surface area (Å²) in [5, 5.41) is 0. The number of aromatic nitrogens is 2. The van der Waals surface area contributed by atoms with E-state index in [1.54, 1.807) is 13.3 Å². The Morgan fingerprint density at radius 1 is 1.18 bits per heavy atom. The molecule has 1 amide bonds. The van der Waals surface area contributed by atoms with Crippen LogP contribution in [0.25, 0.3) is 17.5 Å². The molecular formula is C27H28N4O3. The highest BCUT2D eigenvalue weighted by molar-refractivity contribution is 5.87. The molecule has 1 aromatic heterocycles. The zero-order valence-corrected chi connectivity index (χ0v) is 19.5. The number of rotatable bonds is 8. The standard InChI is InChI=1S/C27H28N4O3/c1-5-25(32)31-17-8-9-22(31)27-29-26(19(2)30(27)18-16-28-3)20-12-14-21(15-13-20)34-24-11-7-6-10-23(24)33-4/h5-7,10-16,18,22H,1,3,8-9,17H2,2,4H3/b18-16-/t22-/m0/s1. The van der Waals surface area contributed by atoms with Gasteiger partial charge in [-0.1, -0.05) is 18.7 Å². The third kappa shape index (κ3) is 4.50. The van der Waals surface area contributed by atoms with Crippen molar-refractivity contribution in [2.24, 2.45) is 4.99 Å². The lowest BCUT2D eigenvalue weighted by molar-refractivity contribution is -0.127. The van der Waals surface area contributed by atoms with Gasteiger partial charge in [0, 0.05) is 30.2 Å². The third-order valence-corrected chi connectivity index (χ3v) is 5.93. The molecule has 0 bridgehead atoms. The predicted molar refractivity (Wildman–Crippen MR) is 134 cm³/mol. The largest absolute Gasteiger partial charge is 0.493 e. The number of para-hydroxylation sites is 2. The lowest BCUT2D eigenvalue weighted by Gasteiger charge is -2.23. The first-order chi connectivity index (χ1) is 16.6. The van der Waals surface area contributed by atoms with Gasteiger partial charge in [-0.25, -0.2) is 4.98 Å². The lowest BCUT2D eigenvalue weighted by atomic mass is 10.1. The number of benzene rings is 2. The molecule has 1 saturated heterocycles. The fourth-order valence-corrected chi connectivity index (χ4v) is 4.27. The minimum atomic E-state index is -0.124. The van der Waals surface area contributed by atoms with Crippen LogP contribution >= 0.6 is 0 Å². The van der Waals surface area contributed by atoms with E-state index < -0.39 is 0 Å². The van der Waals surface area contributed by atoms with E-state index in [9.17, 15) is 4.79 Å². The third-order valence-electron chi connectivity index (χ3n) is 5.93. The van der Waals surface area contributed by atoms with Crippen molar-refractivity contribution in [1.82, 2.24) is 14.5 Å². The van der Waals surface area contributed by atoms with Crippen molar-refractivity contribution in [3.63, 3.8) is 0 Å². The maximum atomic E-state index is 12.4. The van der Waals surface area contributed by atoms with Crippen LogP contribution in [0.4, 0.5) is 0 Å². The second-order valence-corrected chi connectivity index (χ2v) is 7.93. The van der Waals surface area contributed by atoms with Gasteiger partial charge in [0.25, 0.3) is 0 Å². The van der Waals surface area contributed by atoms with E-state index in [0.717, 1.165) is 35.6 Å². The topological polar surface area (TPSA) is 69.0 Å². The molecule has 1 fully saturated rings. The fraction of sp³-hybridized carbons (Fsp3) is 0.222. The Balaban J connectivity index is 1.68. The number of hydrogen-bond donors (Lipinski definition) is 0. The van der Waals surface area contributed by atoms with Crippen molar-refractivity contribution in [2.45, 2.75) is 25.8 Å². The predicted octanol–water partition coefficient (Wildman–Crippen LogP) is 5.64. The molecule has 2 aromatic carbocycles. The van der Waals surface area contributed by atoms with Gasteiger partial charge < -0.3 is 18.9 Å². The normalized spacial score (nSPS) is 15.5. The first-order valence-corrected chi connectivity index (χ1v) is 11.1. The zero-order chi connectivity index (χ0) is 24.1. The summed E-state index contributed by atoms with van der Waals surface area (Å²) < 4.78 is 13.4. The van der Waals surface area contributed by atoms with Crippen LogP contribution in [0.15, 0.2) is 72.4 Å². The van der Waals surface area contributed by atoms with Crippen LogP contribution in [0.1, 0.15) is 30.4 Å². The molecule has 0 spiro atoms. The summed E-state index contributed by atoms with van der Waals surface area (Å²) >= 11 is 0. The number of aliphatic imine (C=N–C) groups is 1.